The molecule has 116 valence electrons. The zero-order chi connectivity index (χ0) is 15.8. The van der Waals surface area contributed by atoms with Crippen molar-refractivity contribution in [2.75, 3.05) is 25.9 Å². The third-order valence-corrected chi connectivity index (χ3v) is 4.03. The molecule has 7 nitrogen and oxygen atoms in total. The van der Waals surface area contributed by atoms with Crippen LogP contribution >= 0.6 is 0 Å². The smallest absolute Gasteiger partial charge is 0.277 e. The maximum Gasteiger partial charge on any atom is 0.277 e. The van der Waals surface area contributed by atoms with Gasteiger partial charge in [-0.25, -0.2) is 0 Å². The number of rotatable bonds is 3. The van der Waals surface area contributed by atoms with Gasteiger partial charge in [-0.2, -0.15) is 5.10 Å². The summed E-state index contributed by atoms with van der Waals surface area (Å²) in [6.07, 6.45) is 1.66. The SMILES string of the molecule is CCCc1[nH]nc(C(=O)N2CCN(C)C(=O)C2(C)C)c1N. The molecule has 21 heavy (non-hydrogen) atoms. The van der Waals surface area contributed by atoms with Gasteiger partial charge in [0.1, 0.15) is 5.54 Å². The minimum atomic E-state index is -0.888. The fourth-order valence-electron chi connectivity index (χ4n) is 2.69. The summed E-state index contributed by atoms with van der Waals surface area (Å²) >= 11 is 0. The van der Waals surface area contributed by atoms with Crippen molar-refractivity contribution in [3.05, 3.63) is 11.4 Å². The average Bonchev–Trinajstić information content (AvgIpc) is 2.78. The lowest BCUT2D eigenvalue weighted by Gasteiger charge is -2.44. The van der Waals surface area contributed by atoms with Crippen LogP contribution in [0.1, 0.15) is 43.4 Å². The van der Waals surface area contributed by atoms with Gasteiger partial charge in [-0.15, -0.1) is 0 Å². The summed E-state index contributed by atoms with van der Waals surface area (Å²) in [7, 11) is 1.74. The molecule has 1 fully saturated rings. The number of carbonyl (C=O) groups is 2. The van der Waals surface area contributed by atoms with Crippen LogP contribution in [0.5, 0.6) is 0 Å². The first kappa shape index (κ1) is 15.3. The molecular weight excluding hydrogens is 270 g/mol. The van der Waals surface area contributed by atoms with Gasteiger partial charge in [0.05, 0.1) is 11.4 Å². The molecule has 0 aromatic carbocycles. The number of aromatic amines is 1. The number of piperazine rings is 1. The van der Waals surface area contributed by atoms with Crippen molar-refractivity contribution in [3.63, 3.8) is 0 Å². The van der Waals surface area contributed by atoms with Crippen molar-refractivity contribution in [1.29, 1.82) is 0 Å². The summed E-state index contributed by atoms with van der Waals surface area (Å²) < 4.78 is 0. The summed E-state index contributed by atoms with van der Waals surface area (Å²) in [6, 6.07) is 0. The van der Waals surface area contributed by atoms with Crippen molar-refractivity contribution in [2.24, 2.45) is 0 Å². The molecule has 1 aliphatic rings. The van der Waals surface area contributed by atoms with Crippen molar-refractivity contribution in [2.45, 2.75) is 39.2 Å². The highest BCUT2D eigenvalue weighted by Gasteiger charge is 2.44. The molecule has 0 radical (unpaired) electrons. The molecule has 3 N–H and O–H groups in total. The van der Waals surface area contributed by atoms with E-state index in [2.05, 4.69) is 10.2 Å². The Labute approximate surface area is 124 Å². The molecule has 2 rings (SSSR count). The molecule has 0 unspecified atom stereocenters. The number of likely N-dealkylation sites (N-methyl/N-ethyl adjacent to an activating group) is 1. The Morgan fingerprint density at radius 1 is 1.43 bits per heavy atom. The first-order valence-electron chi connectivity index (χ1n) is 7.21. The highest BCUT2D eigenvalue weighted by molar-refractivity contribution is 6.01. The van der Waals surface area contributed by atoms with Crippen LogP contribution in [0.2, 0.25) is 0 Å². The second-order valence-electron chi connectivity index (χ2n) is 5.96. The van der Waals surface area contributed by atoms with Crippen LogP contribution in [0.3, 0.4) is 0 Å². The van der Waals surface area contributed by atoms with E-state index in [0.29, 0.717) is 18.8 Å². The second kappa shape index (κ2) is 5.38. The summed E-state index contributed by atoms with van der Waals surface area (Å²) in [5, 5.41) is 6.88. The Bertz CT molecular complexity index is 564. The molecule has 0 atom stereocenters. The number of nitrogens with zero attached hydrogens (tertiary/aromatic N) is 3. The molecule has 0 saturated carbocycles. The van der Waals surface area contributed by atoms with Gasteiger partial charge in [0.15, 0.2) is 5.69 Å². The zero-order valence-electron chi connectivity index (χ0n) is 13.1. The van der Waals surface area contributed by atoms with Crippen LogP contribution in [-0.4, -0.2) is 57.5 Å². The van der Waals surface area contributed by atoms with Crippen LogP contribution in [0.25, 0.3) is 0 Å². The maximum absolute atomic E-state index is 12.7. The Kier molecular flexibility index (Phi) is 3.93. The molecule has 2 amide bonds. The Hall–Kier alpha value is -2.05. The number of H-pyrrole nitrogens is 1. The first-order chi connectivity index (χ1) is 9.80. The van der Waals surface area contributed by atoms with Gasteiger partial charge in [0, 0.05) is 20.1 Å². The summed E-state index contributed by atoms with van der Waals surface area (Å²) in [5.41, 5.74) is 6.50. The van der Waals surface area contributed by atoms with Crippen molar-refractivity contribution in [3.8, 4) is 0 Å². The molecule has 1 aliphatic heterocycles. The van der Waals surface area contributed by atoms with E-state index in [1.807, 2.05) is 6.92 Å². The van der Waals surface area contributed by atoms with Gasteiger partial charge in [-0.3, -0.25) is 14.7 Å². The average molecular weight is 293 g/mol. The molecule has 0 bridgehead atoms. The lowest BCUT2D eigenvalue weighted by Crippen LogP contribution is -2.63. The molecule has 7 heteroatoms. The van der Waals surface area contributed by atoms with Crippen molar-refractivity contribution in [1.82, 2.24) is 20.0 Å². The lowest BCUT2D eigenvalue weighted by atomic mass is 9.97. The minimum absolute atomic E-state index is 0.0787. The Morgan fingerprint density at radius 2 is 2.10 bits per heavy atom. The van der Waals surface area contributed by atoms with E-state index in [0.717, 1.165) is 18.5 Å². The number of nitrogens with one attached hydrogen (secondary N) is 1. The third-order valence-electron chi connectivity index (χ3n) is 4.03. The molecule has 0 aliphatic carbocycles. The quantitative estimate of drug-likeness (QED) is 0.854. The van der Waals surface area contributed by atoms with Gasteiger partial charge >= 0.3 is 0 Å². The van der Waals surface area contributed by atoms with Crippen LogP contribution in [0, 0.1) is 0 Å². The van der Waals surface area contributed by atoms with Crippen molar-refractivity contribution >= 4 is 17.5 Å². The number of nitrogen functional groups attached to an aromatic ring is 1. The van der Waals surface area contributed by atoms with Crippen molar-refractivity contribution < 1.29 is 9.59 Å². The van der Waals surface area contributed by atoms with Gasteiger partial charge in [-0.05, 0) is 20.3 Å². The highest BCUT2D eigenvalue weighted by Crippen LogP contribution is 2.26. The van der Waals surface area contributed by atoms with E-state index in [4.69, 9.17) is 5.73 Å². The van der Waals surface area contributed by atoms with E-state index in [1.54, 1.807) is 30.7 Å². The predicted octanol–water partition coefficient (Wildman–Crippen LogP) is 0.637. The van der Waals surface area contributed by atoms with E-state index in [1.165, 1.54) is 0 Å². The highest BCUT2D eigenvalue weighted by atomic mass is 16.2. The van der Waals surface area contributed by atoms with Crippen LogP contribution in [0.15, 0.2) is 0 Å². The van der Waals surface area contributed by atoms with Gasteiger partial charge in [0.25, 0.3) is 5.91 Å². The number of aromatic nitrogens is 2. The minimum Gasteiger partial charge on any atom is -0.395 e. The summed E-state index contributed by atoms with van der Waals surface area (Å²) in [6.45, 7) is 6.52. The van der Waals surface area contributed by atoms with Gasteiger partial charge < -0.3 is 15.5 Å². The molecule has 1 saturated heterocycles. The Balaban J connectivity index is 2.30. The van der Waals surface area contributed by atoms with Gasteiger partial charge in [-0.1, -0.05) is 13.3 Å². The van der Waals surface area contributed by atoms with Crippen LogP contribution < -0.4 is 5.73 Å². The first-order valence-corrected chi connectivity index (χ1v) is 7.21. The fraction of sp³-hybridized carbons (Fsp3) is 0.643. The van der Waals surface area contributed by atoms with E-state index >= 15 is 0 Å². The molecular formula is C14H23N5O2. The number of hydrogen-bond donors (Lipinski definition) is 2. The Morgan fingerprint density at radius 3 is 2.71 bits per heavy atom. The monoisotopic (exact) mass is 293 g/mol. The fourth-order valence-corrected chi connectivity index (χ4v) is 2.69. The van der Waals surface area contributed by atoms with E-state index in [-0.39, 0.29) is 17.5 Å². The zero-order valence-corrected chi connectivity index (χ0v) is 13.1. The second-order valence-corrected chi connectivity index (χ2v) is 5.96. The topological polar surface area (TPSA) is 95.3 Å². The van der Waals surface area contributed by atoms with E-state index in [9.17, 15) is 9.59 Å². The lowest BCUT2D eigenvalue weighted by molar-refractivity contribution is -0.144. The molecule has 1 aromatic rings. The molecule has 2 heterocycles. The molecule has 1 aromatic heterocycles. The predicted molar refractivity (Wildman–Crippen MR) is 79.7 cm³/mol. The van der Waals surface area contributed by atoms with E-state index < -0.39 is 5.54 Å². The number of aryl methyl sites for hydroxylation is 1. The van der Waals surface area contributed by atoms with Crippen LogP contribution in [0.4, 0.5) is 5.69 Å². The number of anilines is 1. The largest absolute Gasteiger partial charge is 0.395 e. The van der Waals surface area contributed by atoms with Crippen LogP contribution in [-0.2, 0) is 11.2 Å². The number of hydrogen-bond acceptors (Lipinski definition) is 4. The normalized spacial score (nSPS) is 18.2. The molecule has 0 spiro atoms. The number of nitrogens with two attached hydrogens (primary N) is 1. The van der Waals surface area contributed by atoms with Gasteiger partial charge in [0.2, 0.25) is 5.91 Å². The standard InChI is InChI=1S/C14H23N5O2/c1-5-6-9-10(15)11(17-16-9)12(20)19-8-7-18(4)13(21)14(19,2)3/h5-8,15H2,1-4H3,(H,16,17). The number of amides is 2. The summed E-state index contributed by atoms with van der Waals surface area (Å²) in [4.78, 5) is 28.1. The maximum atomic E-state index is 12.7. The number of carbonyl (C=O) groups excluding carboxylic acids is 2. The summed E-state index contributed by atoms with van der Waals surface area (Å²) in [5.74, 6) is -0.373. The third kappa shape index (κ3) is 2.48.